The van der Waals surface area contributed by atoms with Crippen molar-refractivity contribution in [3.05, 3.63) is 65.8 Å². The first-order chi connectivity index (χ1) is 10.8. The number of benzene rings is 1. The third-order valence-electron chi connectivity index (χ3n) is 3.97. The average Bonchev–Trinajstić information content (AvgIpc) is 3.16. The minimum absolute atomic E-state index is 0.252. The number of halogens is 1. The quantitative estimate of drug-likeness (QED) is 0.807. The molecular formula is C16H16FN5. The Kier molecular flexibility index (Phi) is 3.23. The lowest BCUT2D eigenvalue weighted by molar-refractivity contribution is 0.241. The van der Waals surface area contributed by atoms with Gasteiger partial charge < -0.3 is 4.98 Å². The van der Waals surface area contributed by atoms with Gasteiger partial charge in [-0.3, -0.25) is 4.90 Å². The first kappa shape index (κ1) is 13.2. The first-order valence-electron chi connectivity index (χ1n) is 7.31. The van der Waals surface area contributed by atoms with Crippen LogP contribution in [0.5, 0.6) is 0 Å². The van der Waals surface area contributed by atoms with E-state index in [2.05, 4.69) is 20.0 Å². The van der Waals surface area contributed by atoms with Crippen LogP contribution in [0.1, 0.15) is 17.0 Å². The summed E-state index contributed by atoms with van der Waals surface area (Å²) in [5, 5.41) is 4.33. The molecule has 1 aliphatic heterocycles. The number of hydrogen-bond donors (Lipinski definition) is 1. The summed E-state index contributed by atoms with van der Waals surface area (Å²) in [6, 6.07) is 6.45. The third-order valence-corrected chi connectivity index (χ3v) is 3.97. The Bertz CT molecular complexity index is 791. The number of imidazole rings is 1. The van der Waals surface area contributed by atoms with Gasteiger partial charge in [0.15, 0.2) is 0 Å². The van der Waals surface area contributed by atoms with Crippen LogP contribution in [-0.2, 0) is 19.5 Å². The SMILES string of the molecule is Fc1cccc(-n2cc(CN3CCc4nc[nH]c4C3)cn2)c1. The van der Waals surface area contributed by atoms with E-state index in [1.807, 2.05) is 18.5 Å². The number of H-pyrrole nitrogens is 1. The normalized spacial score (nSPS) is 15.0. The van der Waals surface area contributed by atoms with E-state index in [0.717, 1.165) is 37.3 Å². The van der Waals surface area contributed by atoms with E-state index in [0.29, 0.717) is 0 Å². The molecule has 0 saturated carbocycles. The molecule has 3 aromatic rings. The van der Waals surface area contributed by atoms with Gasteiger partial charge in [0, 0.05) is 37.8 Å². The van der Waals surface area contributed by atoms with Crippen LogP contribution >= 0.6 is 0 Å². The van der Waals surface area contributed by atoms with Crippen LogP contribution in [-0.4, -0.2) is 31.2 Å². The molecule has 0 bridgehead atoms. The lowest BCUT2D eigenvalue weighted by atomic mass is 10.1. The summed E-state index contributed by atoms with van der Waals surface area (Å²) in [5.74, 6) is -0.252. The molecule has 1 N–H and O–H groups in total. The second kappa shape index (κ2) is 5.38. The monoisotopic (exact) mass is 297 g/mol. The number of fused-ring (bicyclic) bond motifs is 1. The van der Waals surface area contributed by atoms with Crippen molar-refractivity contribution in [3.63, 3.8) is 0 Å². The topological polar surface area (TPSA) is 49.7 Å². The van der Waals surface area contributed by atoms with E-state index in [4.69, 9.17) is 0 Å². The molecule has 0 saturated heterocycles. The Balaban J connectivity index is 1.49. The highest BCUT2D eigenvalue weighted by Gasteiger charge is 2.18. The minimum Gasteiger partial charge on any atom is -0.347 e. The molecule has 0 spiro atoms. The lowest BCUT2D eigenvalue weighted by Crippen LogP contribution is -2.30. The van der Waals surface area contributed by atoms with Crippen LogP contribution in [0.25, 0.3) is 5.69 Å². The fourth-order valence-corrected chi connectivity index (χ4v) is 2.86. The molecule has 0 atom stereocenters. The average molecular weight is 297 g/mol. The Morgan fingerprint density at radius 2 is 2.27 bits per heavy atom. The van der Waals surface area contributed by atoms with Gasteiger partial charge in [-0.2, -0.15) is 5.10 Å². The molecule has 1 aromatic carbocycles. The van der Waals surface area contributed by atoms with E-state index in [9.17, 15) is 4.39 Å². The van der Waals surface area contributed by atoms with Gasteiger partial charge in [-0.25, -0.2) is 14.1 Å². The predicted molar refractivity (Wildman–Crippen MR) is 79.9 cm³/mol. The van der Waals surface area contributed by atoms with Crippen molar-refractivity contribution < 1.29 is 4.39 Å². The molecule has 6 heteroatoms. The van der Waals surface area contributed by atoms with E-state index < -0.39 is 0 Å². The van der Waals surface area contributed by atoms with Crippen molar-refractivity contribution in [2.45, 2.75) is 19.5 Å². The molecule has 112 valence electrons. The molecule has 3 heterocycles. The first-order valence-corrected chi connectivity index (χ1v) is 7.31. The van der Waals surface area contributed by atoms with Crippen molar-refractivity contribution in [3.8, 4) is 5.69 Å². The molecule has 0 radical (unpaired) electrons. The molecule has 0 unspecified atom stereocenters. The summed E-state index contributed by atoms with van der Waals surface area (Å²) >= 11 is 0. The standard InChI is InChI=1S/C16H16FN5/c17-13-2-1-3-14(6-13)22-9-12(7-20-22)8-21-5-4-15-16(10-21)19-11-18-15/h1-3,6-7,9,11H,4-5,8,10H2,(H,18,19). The van der Waals surface area contributed by atoms with Gasteiger partial charge in [0.2, 0.25) is 0 Å². The molecule has 4 rings (SSSR count). The molecule has 0 fully saturated rings. The van der Waals surface area contributed by atoms with Gasteiger partial charge >= 0.3 is 0 Å². The van der Waals surface area contributed by atoms with Gasteiger partial charge in [0.05, 0.1) is 29.6 Å². The zero-order chi connectivity index (χ0) is 14.9. The van der Waals surface area contributed by atoms with Crippen molar-refractivity contribution in [2.75, 3.05) is 6.54 Å². The van der Waals surface area contributed by atoms with Gasteiger partial charge in [0.25, 0.3) is 0 Å². The summed E-state index contributed by atoms with van der Waals surface area (Å²) in [6.07, 6.45) is 6.53. The second-order valence-corrected chi connectivity index (χ2v) is 5.56. The Labute approximate surface area is 127 Å². The minimum atomic E-state index is -0.252. The number of nitrogens with zero attached hydrogens (tertiary/aromatic N) is 4. The van der Waals surface area contributed by atoms with Gasteiger partial charge in [0.1, 0.15) is 5.82 Å². The molecular weight excluding hydrogens is 281 g/mol. The summed E-state index contributed by atoms with van der Waals surface area (Å²) in [6.45, 7) is 2.69. The van der Waals surface area contributed by atoms with Gasteiger partial charge in [-0.05, 0) is 18.2 Å². The Morgan fingerprint density at radius 3 is 3.18 bits per heavy atom. The highest BCUT2D eigenvalue weighted by molar-refractivity contribution is 5.31. The maximum Gasteiger partial charge on any atom is 0.125 e. The van der Waals surface area contributed by atoms with Crippen molar-refractivity contribution in [1.82, 2.24) is 24.6 Å². The summed E-state index contributed by atoms with van der Waals surface area (Å²) in [4.78, 5) is 9.87. The van der Waals surface area contributed by atoms with Crippen molar-refractivity contribution >= 4 is 0 Å². The highest BCUT2D eigenvalue weighted by atomic mass is 19.1. The molecule has 0 aliphatic carbocycles. The van der Waals surface area contributed by atoms with E-state index >= 15 is 0 Å². The van der Waals surface area contributed by atoms with E-state index in [-0.39, 0.29) is 5.82 Å². The van der Waals surface area contributed by atoms with Crippen LogP contribution in [0.15, 0.2) is 43.0 Å². The maximum absolute atomic E-state index is 13.3. The number of aromatic nitrogens is 4. The van der Waals surface area contributed by atoms with Crippen LogP contribution < -0.4 is 0 Å². The Morgan fingerprint density at radius 1 is 1.32 bits per heavy atom. The molecule has 1 aliphatic rings. The summed E-state index contributed by atoms with van der Waals surface area (Å²) in [5.41, 5.74) is 4.23. The fourth-order valence-electron chi connectivity index (χ4n) is 2.86. The Hall–Kier alpha value is -2.47. The van der Waals surface area contributed by atoms with Gasteiger partial charge in [-0.15, -0.1) is 0 Å². The van der Waals surface area contributed by atoms with Crippen molar-refractivity contribution in [2.24, 2.45) is 0 Å². The number of hydrogen-bond acceptors (Lipinski definition) is 3. The lowest BCUT2D eigenvalue weighted by Gasteiger charge is -2.25. The number of aromatic amines is 1. The smallest absolute Gasteiger partial charge is 0.125 e. The van der Waals surface area contributed by atoms with E-state index in [1.165, 1.54) is 23.5 Å². The zero-order valence-electron chi connectivity index (χ0n) is 12.0. The molecule has 0 amide bonds. The fraction of sp³-hybridized carbons (Fsp3) is 0.250. The predicted octanol–water partition coefficient (Wildman–Crippen LogP) is 2.29. The second-order valence-electron chi connectivity index (χ2n) is 5.56. The third kappa shape index (κ3) is 2.53. The number of nitrogens with one attached hydrogen (secondary N) is 1. The van der Waals surface area contributed by atoms with Crippen LogP contribution in [0.4, 0.5) is 4.39 Å². The van der Waals surface area contributed by atoms with Crippen LogP contribution in [0.3, 0.4) is 0 Å². The zero-order valence-corrected chi connectivity index (χ0v) is 12.0. The largest absolute Gasteiger partial charge is 0.347 e. The molecule has 5 nitrogen and oxygen atoms in total. The van der Waals surface area contributed by atoms with E-state index in [1.54, 1.807) is 17.1 Å². The summed E-state index contributed by atoms with van der Waals surface area (Å²) in [7, 11) is 0. The summed E-state index contributed by atoms with van der Waals surface area (Å²) < 4.78 is 15.0. The number of rotatable bonds is 3. The van der Waals surface area contributed by atoms with Gasteiger partial charge in [-0.1, -0.05) is 6.07 Å². The maximum atomic E-state index is 13.3. The van der Waals surface area contributed by atoms with Crippen LogP contribution in [0, 0.1) is 5.82 Å². The van der Waals surface area contributed by atoms with Crippen LogP contribution in [0.2, 0.25) is 0 Å². The molecule has 2 aromatic heterocycles. The van der Waals surface area contributed by atoms with Crippen molar-refractivity contribution in [1.29, 1.82) is 0 Å². The highest BCUT2D eigenvalue weighted by Crippen LogP contribution is 2.18. The molecule has 22 heavy (non-hydrogen) atoms.